The van der Waals surface area contributed by atoms with Crippen LogP contribution in [0.3, 0.4) is 0 Å². The molecule has 0 amide bonds. The molecule has 0 fully saturated rings. The molecule has 0 bridgehead atoms. The lowest BCUT2D eigenvalue weighted by atomic mass is 10.0. The molecule has 0 aliphatic heterocycles. The summed E-state index contributed by atoms with van der Waals surface area (Å²) in [4.78, 5) is 23.6. The van der Waals surface area contributed by atoms with Crippen LogP contribution in [0.2, 0.25) is 0 Å². The summed E-state index contributed by atoms with van der Waals surface area (Å²) in [6, 6.07) is 2.91. The lowest BCUT2D eigenvalue weighted by Gasteiger charge is -2.13. The maximum atomic E-state index is 12.0. The molecule has 1 rings (SSSR count). The quantitative estimate of drug-likeness (QED) is 0.609. The first-order chi connectivity index (χ1) is 9.08. The minimum Gasteiger partial charge on any atom is -0.493 e. The maximum Gasteiger partial charge on any atom is 0.338 e. The standard InChI is InChI=1S/C13H17NO5/c1-14-7-10(15)9-5-8(13(16)19-4)6-11(17-2)12(9)18-3/h5-6,14H,7H2,1-4H3. The molecule has 0 aromatic heterocycles. The molecule has 1 aromatic rings. The Labute approximate surface area is 111 Å². The summed E-state index contributed by atoms with van der Waals surface area (Å²) in [7, 11) is 5.80. The van der Waals surface area contributed by atoms with Crippen molar-refractivity contribution in [2.24, 2.45) is 0 Å². The van der Waals surface area contributed by atoms with Crippen LogP contribution in [0.4, 0.5) is 0 Å². The van der Waals surface area contributed by atoms with E-state index < -0.39 is 5.97 Å². The molecule has 0 aliphatic rings. The highest BCUT2D eigenvalue weighted by Gasteiger charge is 2.20. The molecule has 0 atom stereocenters. The molecular formula is C13H17NO5. The number of rotatable bonds is 6. The van der Waals surface area contributed by atoms with Gasteiger partial charge in [0.1, 0.15) is 0 Å². The summed E-state index contributed by atoms with van der Waals surface area (Å²) in [5, 5.41) is 2.76. The third-order valence-electron chi connectivity index (χ3n) is 2.54. The minimum atomic E-state index is -0.542. The average molecular weight is 267 g/mol. The molecule has 0 saturated carbocycles. The van der Waals surface area contributed by atoms with Crippen LogP contribution in [-0.4, -0.2) is 46.7 Å². The number of esters is 1. The van der Waals surface area contributed by atoms with Crippen LogP contribution < -0.4 is 14.8 Å². The lowest BCUT2D eigenvalue weighted by molar-refractivity contribution is 0.0600. The number of ether oxygens (including phenoxy) is 3. The first-order valence-electron chi connectivity index (χ1n) is 5.61. The fourth-order valence-corrected chi connectivity index (χ4v) is 1.66. The first-order valence-corrected chi connectivity index (χ1v) is 5.61. The molecule has 1 N–H and O–H groups in total. The zero-order valence-corrected chi connectivity index (χ0v) is 11.4. The maximum absolute atomic E-state index is 12.0. The Kier molecular flexibility index (Phi) is 5.32. The van der Waals surface area contributed by atoms with Gasteiger partial charge in [-0.25, -0.2) is 4.79 Å². The number of methoxy groups -OCH3 is 3. The van der Waals surface area contributed by atoms with Crippen LogP contribution in [0.1, 0.15) is 20.7 Å². The predicted octanol–water partition coefficient (Wildman–Crippen LogP) is 0.893. The molecule has 0 aliphatic carbocycles. The Morgan fingerprint density at radius 1 is 1.16 bits per heavy atom. The van der Waals surface area contributed by atoms with Crippen LogP contribution in [0, 0.1) is 0 Å². The molecule has 0 radical (unpaired) electrons. The van der Waals surface area contributed by atoms with E-state index in [1.165, 1.54) is 33.5 Å². The van der Waals surface area contributed by atoms with Crippen molar-refractivity contribution in [1.82, 2.24) is 5.32 Å². The smallest absolute Gasteiger partial charge is 0.338 e. The monoisotopic (exact) mass is 267 g/mol. The van der Waals surface area contributed by atoms with E-state index >= 15 is 0 Å². The van der Waals surface area contributed by atoms with Gasteiger partial charge in [0.15, 0.2) is 17.3 Å². The molecule has 0 saturated heterocycles. The van der Waals surface area contributed by atoms with Crippen molar-refractivity contribution < 1.29 is 23.8 Å². The highest BCUT2D eigenvalue weighted by molar-refractivity contribution is 6.03. The van der Waals surface area contributed by atoms with Gasteiger partial charge >= 0.3 is 5.97 Å². The fourth-order valence-electron chi connectivity index (χ4n) is 1.66. The van der Waals surface area contributed by atoms with E-state index in [0.717, 1.165) is 0 Å². The number of benzene rings is 1. The molecule has 6 nitrogen and oxygen atoms in total. The highest BCUT2D eigenvalue weighted by atomic mass is 16.5. The summed E-state index contributed by atoms with van der Waals surface area (Å²) in [6.07, 6.45) is 0. The molecule has 0 spiro atoms. The Morgan fingerprint density at radius 2 is 1.84 bits per heavy atom. The Bertz CT molecular complexity index is 484. The third-order valence-corrected chi connectivity index (χ3v) is 2.54. The van der Waals surface area contributed by atoms with E-state index in [4.69, 9.17) is 9.47 Å². The summed E-state index contributed by atoms with van der Waals surface area (Å²) >= 11 is 0. The van der Waals surface area contributed by atoms with Crippen molar-refractivity contribution in [3.05, 3.63) is 23.3 Å². The summed E-state index contributed by atoms with van der Waals surface area (Å²) in [6.45, 7) is 0.129. The zero-order chi connectivity index (χ0) is 14.4. The van der Waals surface area contributed by atoms with Gasteiger partial charge in [0.25, 0.3) is 0 Å². The number of hydrogen-bond donors (Lipinski definition) is 1. The van der Waals surface area contributed by atoms with Crippen LogP contribution in [0.15, 0.2) is 12.1 Å². The molecule has 0 unspecified atom stereocenters. The Balaban J connectivity index is 3.39. The molecule has 104 valence electrons. The van der Waals surface area contributed by atoms with E-state index in [-0.39, 0.29) is 23.5 Å². The van der Waals surface area contributed by atoms with Gasteiger partial charge in [-0.2, -0.15) is 0 Å². The second-order valence-corrected chi connectivity index (χ2v) is 3.70. The lowest BCUT2D eigenvalue weighted by Crippen LogP contribution is -2.20. The van der Waals surface area contributed by atoms with Crippen molar-refractivity contribution >= 4 is 11.8 Å². The van der Waals surface area contributed by atoms with E-state index in [9.17, 15) is 9.59 Å². The molecular weight excluding hydrogens is 250 g/mol. The summed E-state index contributed by atoms with van der Waals surface area (Å²) < 4.78 is 15.0. The normalized spacial score (nSPS) is 9.89. The summed E-state index contributed by atoms with van der Waals surface area (Å²) in [5.74, 6) is -0.136. The average Bonchev–Trinajstić information content (AvgIpc) is 2.44. The zero-order valence-electron chi connectivity index (χ0n) is 11.4. The van der Waals surface area contributed by atoms with Crippen molar-refractivity contribution in [1.29, 1.82) is 0 Å². The minimum absolute atomic E-state index is 0.129. The number of carbonyl (C=O) groups excluding carboxylic acids is 2. The summed E-state index contributed by atoms with van der Waals surface area (Å²) in [5.41, 5.74) is 0.510. The number of Topliss-reactive ketones (excluding diaryl/α,β-unsaturated/α-hetero) is 1. The van der Waals surface area contributed by atoms with E-state index in [1.807, 2.05) is 0 Å². The van der Waals surface area contributed by atoms with Crippen LogP contribution in [0.5, 0.6) is 11.5 Å². The fraction of sp³-hybridized carbons (Fsp3) is 0.385. The van der Waals surface area contributed by atoms with Crippen molar-refractivity contribution in [2.75, 3.05) is 34.9 Å². The number of likely N-dealkylation sites (N-methyl/N-ethyl adjacent to an activating group) is 1. The van der Waals surface area contributed by atoms with E-state index in [0.29, 0.717) is 11.5 Å². The number of nitrogens with one attached hydrogen (secondary N) is 1. The number of hydrogen-bond acceptors (Lipinski definition) is 6. The highest BCUT2D eigenvalue weighted by Crippen LogP contribution is 2.33. The second-order valence-electron chi connectivity index (χ2n) is 3.70. The van der Waals surface area contributed by atoms with Gasteiger partial charge in [0.2, 0.25) is 0 Å². The third kappa shape index (κ3) is 3.23. The first kappa shape index (κ1) is 15.0. The Morgan fingerprint density at radius 3 is 2.32 bits per heavy atom. The number of ketones is 1. The van der Waals surface area contributed by atoms with Gasteiger partial charge in [-0.1, -0.05) is 0 Å². The topological polar surface area (TPSA) is 73.9 Å². The molecule has 6 heteroatoms. The molecule has 1 aromatic carbocycles. The van der Waals surface area contributed by atoms with Gasteiger partial charge in [-0.15, -0.1) is 0 Å². The number of carbonyl (C=O) groups is 2. The second kappa shape index (κ2) is 6.75. The largest absolute Gasteiger partial charge is 0.493 e. The predicted molar refractivity (Wildman–Crippen MR) is 69.1 cm³/mol. The van der Waals surface area contributed by atoms with E-state index in [1.54, 1.807) is 7.05 Å². The van der Waals surface area contributed by atoms with Crippen LogP contribution >= 0.6 is 0 Å². The molecule has 19 heavy (non-hydrogen) atoms. The Hall–Kier alpha value is -2.08. The van der Waals surface area contributed by atoms with Crippen molar-refractivity contribution in [3.8, 4) is 11.5 Å². The SMILES string of the molecule is CNCC(=O)c1cc(C(=O)OC)cc(OC)c1OC. The van der Waals surface area contributed by atoms with Gasteiger partial charge < -0.3 is 19.5 Å². The van der Waals surface area contributed by atoms with Gasteiger partial charge in [-0.3, -0.25) is 4.79 Å². The van der Waals surface area contributed by atoms with Gasteiger partial charge in [0, 0.05) is 0 Å². The van der Waals surface area contributed by atoms with Gasteiger partial charge in [0.05, 0.1) is 39.0 Å². The molecule has 0 heterocycles. The van der Waals surface area contributed by atoms with Crippen molar-refractivity contribution in [3.63, 3.8) is 0 Å². The van der Waals surface area contributed by atoms with E-state index in [2.05, 4.69) is 10.1 Å². The van der Waals surface area contributed by atoms with Crippen LogP contribution in [0.25, 0.3) is 0 Å². The van der Waals surface area contributed by atoms with Crippen molar-refractivity contribution in [2.45, 2.75) is 0 Å². The van der Waals surface area contributed by atoms with Crippen LogP contribution in [-0.2, 0) is 4.74 Å². The van der Waals surface area contributed by atoms with Gasteiger partial charge in [-0.05, 0) is 19.2 Å².